The summed E-state index contributed by atoms with van der Waals surface area (Å²) in [5.74, 6) is 0.541. The molecular formula is C20H22ClN3O2. The van der Waals surface area contributed by atoms with Gasteiger partial charge in [0.1, 0.15) is 5.75 Å². The number of nitrogens with zero attached hydrogens (tertiary/aromatic N) is 1. The van der Waals surface area contributed by atoms with Gasteiger partial charge in [0.25, 0.3) is 5.91 Å². The van der Waals surface area contributed by atoms with Crippen molar-refractivity contribution in [1.29, 1.82) is 0 Å². The van der Waals surface area contributed by atoms with Crippen molar-refractivity contribution in [3.63, 3.8) is 0 Å². The van der Waals surface area contributed by atoms with Crippen molar-refractivity contribution in [3.8, 4) is 5.75 Å². The largest absolute Gasteiger partial charge is 0.497 e. The zero-order valence-electron chi connectivity index (χ0n) is 14.7. The third-order valence-electron chi connectivity index (χ3n) is 4.36. The number of carbonyl (C=O) groups is 1. The Balaban J connectivity index is 1.64. The first-order valence-corrected chi connectivity index (χ1v) is 8.82. The molecule has 3 N–H and O–H groups in total. The fourth-order valence-electron chi connectivity index (χ4n) is 3.04. The molecule has 0 atom stereocenters. The smallest absolute Gasteiger partial charge is 0.253 e. The van der Waals surface area contributed by atoms with Crippen LogP contribution in [-0.4, -0.2) is 31.0 Å². The van der Waals surface area contributed by atoms with E-state index in [-0.39, 0.29) is 5.91 Å². The van der Waals surface area contributed by atoms with Crippen molar-refractivity contribution >= 4 is 23.2 Å². The number of hydrogen-bond acceptors (Lipinski definition) is 4. The predicted molar refractivity (Wildman–Crippen MR) is 104 cm³/mol. The Kier molecular flexibility index (Phi) is 5.81. The average molecular weight is 372 g/mol. The van der Waals surface area contributed by atoms with Crippen molar-refractivity contribution in [3.05, 3.63) is 70.4 Å². The summed E-state index contributed by atoms with van der Waals surface area (Å²) in [6.45, 7) is 2.09. The fraction of sp³-hybridized carbons (Fsp3) is 0.250. The van der Waals surface area contributed by atoms with Crippen LogP contribution in [0.15, 0.2) is 59.8 Å². The molecular weight excluding hydrogens is 350 g/mol. The SMILES string of the molecule is COc1cccc(NC(=O)C2=C(N)CN(Cc3cccc(Cl)c3)CC2)c1. The number of halogens is 1. The van der Waals surface area contributed by atoms with Crippen molar-refractivity contribution in [1.82, 2.24) is 4.90 Å². The highest BCUT2D eigenvalue weighted by molar-refractivity contribution is 6.30. The van der Waals surface area contributed by atoms with Gasteiger partial charge in [-0.15, -0.1) is 0 Å². The van der Waals surface area contributed by atoms with E-state index in [0.717, 1.165) is 23.7 Å². The van der Waals surface area contributed by atoms with E-state index in [9.17, 15) is 4.79 Å². The van der Waals surface area contributed by atoms with Crippen molar-refractivity contribution in [2.75, 3.05) is 25.5 Å². The second-order valence-electron chi connectivity index (χ2n) is 6.28. The Bertz CT molecular complexity index is 835. The van der Waals surface area contributed by atoms with Crippen molar-refractivity contribution in [2.45, 2.75) is 13.0 Å². The number of nitrogens with one attached hydrogen (secondary N) is 1. The number of rotatable bonds is 5. The Morgan fingerprint density at radius 2 is 2.08 bits per heavy atom. The van der Waals surface area contributed by atoms with Crippen LogP contribution in [0.2, 0.25) is 5.02 Å². The van der Waals surface area contributed by atoms with Crippen LogP contribution >= 0.6 is 11.6 Å². The summed E-state index contributed by atoms with van der Waals surface area (Å²) in [7, 11) is 1.59. The van der Waals surface area contributed by atoms with E-state index >= 15 is 0 Å². The Morgan fingerprint density at radius 3 is 2.81 bits per heavy atom. The highest BCUT2D eigenvalue weighted by Crippen LogP contribution is 2.22. The number of anilines is 1. The molecule has 6 heteroatoms. The van der Waals surface area contributed by atoms with E-state index in [1.54, 1.807) is 13.2 Å². The summed E-state index contributed by atoms with van der Waals surface area (Å²) < 4.78 is 5.18. The van der Waals surface area contributed by atoms with Crippen LogP contribution < -0.4 is 15.8 Å². The zero-order valence-corrected chi connectivity index (χ0v) is 15.4. The van der Waals surface area contributed by atoms with Crippen LogP contribution in [0.5, 0.6) is 5.75 Å². The van der Waals surface area contributed by atoms with Gasteiger partial charge in [-0.1, -0.05) is 29.8 Å². The third-order valence-corrected chi connectivity index (χ3v) is 4.59. The van der Waals surface area contributed by atoms with Crippen LogP contribution in [0.3, 0.4) is 0 Å². The molecule has 0 bridgehead atoms. The summed E-state index contributed by atoms with van der Waals surface area (Å²) in [6, 6.07) is 15.1. The average Bonchev–Trinajstić information content (AvgIpc) is 2.62. The second-order valence-corrected chi connectivity index (χ2v) is 6.72. The molecule has 0 aromatic heterocycles. The molecule has 1 heterocycles. The Morgan fingerprint density at radius 1 is 1.27 bits per heavy atom. The van der Waals surface area contributed by atoms with Gasteiger partial charge in [0.15, 0.2) is 0 Å². The molecule has 2 aromatic rings. The molecule has 1 aliphatic rings. The molecule has 0 unspecified atom stereocenters. The highest BCUT2D eigenvalue weighted by atomic mass is 35.5. The van der Waals surface area contributed by atoms with Crippen molar-refractivity contribution in [2.24, 2.45) is 5.73 Å². The molecule has 136 valence electrons. The molecule has 0 saturated heterocycles. The maximum absolute atomic E-state index is 12.6. The maximum atomic E-state index is 12.6. The molecule has 0 spiro atoms. The van der Waals surface area contributed by atoms with Gasteiger partial charge >= 0.3 is 0 Å². The number of amides is 1. The van der Waals surface area contributed by atoms with E-state index in [1.165, 1.54) is 0 Å². The minimum Gasteiger partial charge on any atom is -0.497 e. The van der Waals surface area contributed by atoms with Crippen LogP contribution in [0.1, 0.15) is 12.0 Å². The first kappa shape index (κ1) is 18.3. The number of carbonyl (C=O) groups excluding carboxylic acids is 1. The Labute approximate surface area is 158 Å². The number of ether oxygens (including phenoxy) is 1. The topological polar surface area (TPSA) is 67.6 Å². The fourth-order valence-corrected chi connectivity index (χ4v) is 3.25. The van der Waals surface area contributed by atoms with E-state index in [1.807, 2.05) is 42.5 Å². The van der Waals surface area contributed by atoms with Gasteiger partial charge in [-0.05, 0) is 36.2 Å². The summed E-state index contributed by atoms with van der Waals surface area (Å²) >= 11 is 6.04. The minimum atomic E-state index is -0.154. The van der Waals surface area contributed by atoms with E-state index in [2.05, 4.69) is 10.2 Å². The van der Waals surface area contributed by atoms with E-state index in [0.29, 0.717) is 35.7 Å². The monoisotopic (exact) mass is 371 g/mol. The first-order valence-electron chi connectivity index (χ1n) is 8.45. The van der Waals surface area contributed by atoms with Gasteiger partial charge in [0.2, 0.25) is 0 Å². The van der Waals surface area contributed by atoms with E-state index < -0.39 is 0 Å². The van der Waals surface area contributed by atoms with Gasteiger partial charge in [-0.2, -0.15) is 0 Å². The molecule has 5 nitrogen and oxygen atoms in total. The summed E-state index contributed by atoms with van der Waals surface area (Å²) in [4.78, 5) is 14.8. The van der Waals surface area contributed by atoms with Gasteiger partial charge in [-0.3, -0.25) is 9.69 Å². The maximum Gasteiger partial charge on any atom is 0.253 e. The number of hydrogen-bond donors (Lipinski definition) is 2. The molecule has 1 amide bonds. The van der Waals surface area contributed by atoms with Crippen LogP contribution in [-0.2, 0) is 11.3 Å². The van der Waals surface area contributed by atoms with Gasteiger partial charge in [0, 0.05) is 47.7 Å². The lowest BCUT2D eigenvalue weighted by Gasteiger charge is -2.28. The molecule has 3 rings (SSSR count). The first-order chi connectivity index (χ1) is 12.5. The Hall–Kier alpha value is -2.50. The molecule has 1 aliphatic heterocycles. The number of benzene rings is 2. The normalized spacial score (nSPS) is 15.0. The summed E-state index contributed by atoms with van der Waals surface area (Å²) in [6.07, 6.45) is 0.613. The lowest BCUT2D eigenvalue weighted by molar-refractivity contribution is -0.113. The van der Waals surface area contributed by atoms with Crippen LogP contribution in [0.4, 0.5) is 5.69 Å². The molecule has 2 aromatic carbocycles. The van der Waals surface area contributed by atoms with Crippen LogP contribution in [0.25, 0.3) is 0 Å². The minimum absolute atomic E-state index is 0.154. The lowest BCUT2D eigenvalue weighted by atomic mass is 10.0. The second kappa shape index (κ2) is 8.25. The molecule has 0 saturated carbocycles. The molecule has 0 aliphatic carbocycles. The lowest BCUT2D eigenvalue weighted by Crippen LogP contribution is -2.36. The number of methoxy groups -OCH3 is 1. The number of nitrogens with two attached hydrogens (primary N) is 1. The summed E-state index contributed by atoms with van der Waals surface area (Å²) in [5.41, 5.74) is 9.27. The summed E-state index contributed by atoms with van der Waals surface area (Å²) in [5, 5.41) is 3.62. The molecule has 26 heavy (non-hydrogen) atoms. The van der Waals surface area contributed by atoms with Gasteiger partial charge in [-0.25, -0.2) is 0 Å². The third kappa shape index (κ3) is 4.56. The van der Waals surface area contributed by atoms with Crippen LogP contribution in [0, 0.1) is 0 Å². The predicted octanol–water partition coefficient (Wildman–Crippen LogP) is 3.41. The molecule has 0 fully saturated rings. The van der Waals surface area contributed by atoms with Gasteiger partial charge in [0.05, 0.1) is 7.11 Å². The van der Waals surface area contributed by atoms with E-state index in [4.69, 9.17) is 22.1 Å². The quantitative estimate of drug-likeness (QED) is 0.845. The highest BCUT2D eigenvalue weighted by Gasteiger charge is 2.22. The zero-order chi connectivity index (χ0) is 18.5. The standard InChI is InChI=1S/C20H22ClN3O2/c1-26-17-7-3-6-16(11-17)23-20(25)18-8-9-24(13-19(18)22)12-14-4-2-5-15(21)10-14/h2-7,10-11H,8-9,12-13,22H2,1H3,(H,23,25). The van der Waals surface area contributed by atoms with Crippen molar-refractivity contribution < 1.29 is 9.53 Å². The van der Waals surface area contributed by atoms with Gasteiger partial charge < -0.3 is 15.8 Å². The molecule has 0 radical (unpaired) electrons.